The number of rotatable bonds is 8. The van der Waals surface area contributed by atoms with Crippen molar-refractivity contribution in [1.82, 2.24) is 4.90 Å². The monoisotopic (exact) mass is 365 g/mol. The van der Waals surface area contributed by atoms with Crippen molar-refractivity contribution in [3.05, 3.63) is 35.4 Å². The van der Waals surface area contributed by atoms with Crippen LogP contribution in [0, 0.1) is 5.92 Å². The Kier molecular flexibility index (Phi) is 8.05. The summed E-state index contributed by atoms with van der Waals surface area (Å²) in [6, 6.07) is 8.33. The molecule has 0 radical (unpaired) electrons. The Bertz CT molecular complexity index is 531. The van der Waals surface area contributed by atoms with Crippen molar-refractivity contribution in [3.8, 4) is 0 Å². The number of aliphatic hydroxyl groups is 3. The molecular formula is C21H35NO4. The maximum atomic E-state index is 10.2. The molecule has 5 nitrogen and oxygen atoms in total. The third kappa shape index (κ3) is 5.76. The smallest absolute Gasteiger partial charge is 0.111 e. The first kappa shape index (κ1) is 21.3. The van der Waals surface area contributed by atoms with Gasteiger partial charge < -0.3 is 25.0 Å². The molecule has 26 heavy (non-hydrogen) atoms. The van der Waals surface area contributed by atoms with Crippen LogP contribution in [-0.2, 0) is 17.7 Å². The first-order valence-electron chi connectivity index (χ1n) is 9.77. The van der Waals surface area contributed by atoms with Crippen LogP contribution >= 0.6 is 0 Å². The Hall–Kier alpha value is -0.980. The normalized spacial score (nSPS) is 29.5. The van der Waals surface area contributed by atoms with Crippen molar-refractivity contribution >= 4 is 0 Å². The van der Waals surface area contributed by atoms with E-state index in [1.165, 1.54) is 12.0 Å². The van der Waals surface area contributed by atoms with Crippen molar-refractivity contribution in [2.24, 2.45) is 5.92 Å². The van der Waals surface area contributed by atoms with E-state index in [0.717, 1.165) is 18.7 Å². The fraction of sp³-hybridized carbons (Fsp3) is 0.714. The van der Waals surface area contributed by atoms with Gasteiger partial charge in [-0.1, -0.05) is 45.0 Å². The zero-order valence-corrected chi connectivity index (χ0v) is 16.5. The Morgan fingerprint density at radius 3 is 2.12 bits per heavy atom. The van der Waals surface area contributed by atoms with Gasteiger partial charge in [-0.2, -0.15) is 0 Å². The summed E-state index contributed by atoms with van der Waals surface area (Å²) in [6.07, 6.45) is -1.89. The Morgan fingerprint density at radius 2 is 1.54 bits per heavy atom. The molecule has 1 fully saturated rings. The zero-order chi connectivity index (χ0) is 19.3. The quantitative estimate of drug-likeness (QED) is 0.657. The fourth-order valence-corrected chi connectivity index (χ4v) is 3.42. The van der Waals surface area contributed by atoms with Crippen molar-refractivity contribution in [3.63, 3.8) is 0 Å². The second-order valence-corrected chi connectivity index (χ2v) is 8.03. The van der Waals surface area contributed by atoms with E-state index in [1.807, 2.05) is 6.92 Å². The number of ether oxygens (including phenoxy) is 1. The molecule has 0 aromatic heterocycles. The minimum atomic E-state index is -1.16. The lowest BCUT2D eigenvalue weighted by molar-refractivity contribution is -0.221. The third-order valence-corrected chi connectivity index (χ3v) is 5.21. The molecule has 1 saturated heterocycles. The molecule has 5 unspecified atom stereocenters. The molecule has 1 aromatic rings. The highest BCUT2D eigenvalue weighted by atomic mass is 16.5. The molecule has 1 aliphatic rings. The second kappa shape index (κ2) is 9.81. The maximum absolute atomic E-state index is 10.2. The van der Waals surface area contributed by atoms with Gasteiger partial charge in [0, 0.05) is 13.0 Å². The van der Waals surface area contributed by atoms with E-state index in [-0.39, 0.29) is 0 Å². The molecule has 0 amide bonds. The lowest BCUT2D eigenvalue weighted by Gasteiger charge is -2.40. The van der Waals surface area contributed by atoms with Crippen LogP contribution in [0.1, 0.15) is 44.7 Å². The standard InChI is InChI=1S/C21H35NO4/c1-5-17-19(23)21(25)20(24)18(26-17)12-15-6-8-16(9-7-15)13-22(4)11-10-14(2)3/h6-9,14,17-21,23-25H,5,10-13H2,1-4H3. The second-order valence-electron chi connectivity index (χ2n) is 8.03. The average Bonchev–Trinajstić information content (AvgIpc) is 2.62. The van der Waals surface area contributed by atoms with Crippen molar-refractivity contribution in [1.29, 1.82) is 0 Å². The van der Waals surface area contributed by atoms with Gasteiger partial charge in [-0.3, -0.25) is 0 Å². The summed E-state index contributed by atoms with van der Waals surface area (Å²) in [7, 11) is 2.14. The first-order valence-corrected chi connectivity index (χ1v) is 9.77. The Morgan fingerprint density at radius 1 is 0.962 bits per heavy atom. The van der Waals surface area contributed by atoms with Crippen LogP contribution in [0.25, 0.3) is 0 Å². The molecule has 1 aromatic carbocycles. The minimum Gasteiger partial charge on any atom is -0.388 e. The van der Waals surface area contributed by atoms with Gasteiger partial charge in [0.15, 0.2) is 0 Å². The van der Waals surface area contributed by atoms with Crippen LogP contribution in [0.15, 0.2) is 24.3 Å². The maximum Gasteiger partial charge on any atom is 0.111 e. The van der Waals surface area contributed by atoms with E-state index >= 15 is 0 Å². The highest BCUT2D eigenvalue weighted by Crippen LogP contribution is 2.25. The Labute approximate surface area is 157 Å². The van der Waals surface area contributed by atoms with Gasteiger partial charge in [0.05, 0.1) is 12.2 Å². The van der Waals surface area contributed by atoms with Gasteiger partial charge in [-0.05, 0) is 43.5 Å². The summed E-state index contributed by atoms with van der Waals surface area (Å²) < 4.78 is 5.82. The molecule has 1 heterocycles. The first-order chi connectivity index (χ1) is 12.3. The van der Waals surface area contributed by atoms with E-state index in [9.17, 15) is 15.3 Å². The number of nitrogens with zero attached hydrogens (tertiary/aromatic N) is 1. The predicted octanol–water partition coefficient (Wildman–Crippen LogP) is 1.97. The summed E-state index contributed by atoms with van der Waals surface area (Å²) >= 11 is 0. The Balaban J connectivity index is 1.92. The lowest BCUT2D eigenvalue weighted by Crippen LogP contribution is -2.57. The van der Waals surface area contributed by atoms with Crippen molar-refractivity contribution in [2.45, 2.75) is 77.1 Å². The summed E-state index contributed by atoms with van der Waals surface area (Å²) in [6.45, 7) is 8.38. The molecule has 0 saturated carbocycles. The van der Waals surface area contributed by atoms with Crippen LogP contribution in [0.2, 0.25) is 0 Å². The van der Waals surface area contributed by atoms with Gasteiger partial charge in [0.1, 0.15) is 18.3 Å². The molecule has 2 rings (SSSR count). The van der Waals surface area contributed by atoms with Crippen molar-refractivity contribution < 1.29 is 20.1 Å². The average molecular weight is 366 g/mol. The van der Waals surface area contributed by atoms with Crippen LogP contribution in [0.5, 0.6) is 0 Å². The van der Waals surface area contributed by atoms with Crippen molar-refractivity contribution in [2.75, 3.05) is 13.6 Å². The SMILES string of the molecule is CCC1OC(Cc2ccc(CN(C)CCC(C)C)cc2)C(O)C(O)C1O. The molecule has 0 bridgehead atoms. The molecule has 3 N–H and O–H groups in total. The molecule has 5 heteroatoms. The van der Waals surface area contributed by atoms with Gasteiger partial charge in [-0.15, -0.1) is 0 Å². The predicted molar refractivity (Wildman–Crippen MR) is 103 cm³/mol. The summed E-state index contributed by atoms with van der Waals surface area (Å²) in [5, 5.41) is 30.2. The number of benzene rings is 1. The molecule has 148 valence electrons. The van der Waals surface area contributed by atoms with E-state index in [0.29, 0.717) is 18.8 Å². The summed E-state index contributed by atoms with van der Waals surface area (Å²) in [4.78, 5) is 2.33. The number of hydrogen-bond donors (Lipinski definition) is 3. The largest absolute Gasteiger partial charge is 0.388 e. The number of hydrogen-bond acceptors (Lipinski definition) is 5. The van der Waals surface area contributed by atoms with Crippen LogP contribution in [0.4, 0.5) is 0 Å². The molecule has 5 atom stereocenters. The highest BCUT2D eigenvalue weighted by Gasteiger charge is 2.42. The fourth-order valence-electron chi connectivity index (χ4n) is 3.42. The van der Waals surface area contributed by atoms with Gasteiger partial charge in [-0.25, -0.2) is 0 Å². The third-order valence-electron chi connectivity index (χ3n) is 5.21. The van der Waals surface area contributed by atoms with E-state index < -0.39 is 30.5 Å². The van der Waals surface area contributed by atoms with Gasteiger partial charge in [0.2, 0.25) is 0 Å². The lowest BCUT2D eigenvalue weighted by atomic mass is 9.90. The van der Waals surface area contributed by atoms with E-state index in [4.69, 9.17) is 4.74 Å². The van der Waals surface area contributed by atoms with Gasteiger partial charge in [0.25, 0.3) is 0 Å². The summed E-state index contributed by atoms with van der Waals surface area (Å²) in [5.41, 5.74) is 2.31. The number of aliphatic hydroxyl groups excluding tert-OH is 3. The summed E-state index contributed by atoms with van der Waals surface area (Å²) in [5.74, 6) is 0.711. The minimum absolute atomic E-state index is 0.438. The van der Waals surface area contributed by atoms with E-state index in [1.54, 1.807) is 0 Å². The zero-order valence-electron chi connectivity index (χ0n) is 16.5. The highest BCUT2D eigenvalue weighted by molar-refractivity contribution is 5.23. The topological polar surface area (TPSA) is 73.2 Å². The molecule has 0 spiro atoms. The molecule has 1 aliphatic heterocycles. The van der Waals surface area contributed by atoms with Crippen LogP contribution < -0.4 is 0 Å². The molecular weight excluding hydrogens is 330 g/mol. The molecule has 0 aliphatic carbocycles. The van der Waals surface area contributed by atoms with E-state index in [2.05, 4.69) is 50.1 Å². The van der Waals surface area contributed by atoms with Crippen LogP contribution in [0.3, 0.4) is 0 Å². The van der Waals surface area contributed by atoms with Crippen LogP contribution in [-0.4, -0.2) is 64.3 Å². The van der Waals surface area contributed by atoms with Gasteiger partial charge >= 0.3 is 0 Å².